The predicted octanol–water partition coefficient (Wildman–Crippen LogP) is 3.44. The molecule has 0 unspecified atom stereocenters. The van der Waals surface area contributed by atoms with E-state index < -0.39 is 0 Å². The topological polar surface area (TPSA) is 72.7 Å². The molecular weight excluding hydrogens is 378 g/mol. The fraction of sp³-hybridized carbons (Fsp3) is 0.0952. The summed E-state index contributed by atoms with van der Waals surface area (Å²) >= 11 is 5.99. The molecule has 0 atom stereocenters. The normalized spacial score (nSPS) is 10.9. The van der Waals surface area contributed by atoms with E-state index in [9.17, 15) is 9.59 Å². The quantitative estimate of drug-likeness (QED) is 0.539. The first-order chi connectivity index (χ1) is 13.6. The number of aromatic nitrogens is 2. The number of amides is 1. The molecule has 7 heteroatoms. The maximum Gasteiger partial charge on any atom is 0.265 e. The van der Waals surface area contributed by atoms with Crippen molar-refractivity contribution in [2.24, 2.45) is 0 Å². The lowest BCUT2D eigenvalue weighted by atomic mass is 10.2. The van der Waals surface area contributed by atoms with Crippen molar-refractivity contribution in [3.63, 3.8) is 0 Å². The van der Waals surface area contributed by atoms with Gasteiger partial charge >= 0.3 is 0 Å². The molecule has 0 saturated heterocycles. The van der Waals surface area contributed by atoms with Gasteiger partial charge < -0.3 is 10.1 Å². The summed E-state index contributed by atoms with van der Waals surface area (Å²) in [5, 5.41) is 3.73. The number of ether oxygens (including phenoxy) is 1. The van der Waals surface area contributed by atoms with Crippen molar-refractivity contribution in [1.82, 2.24) is 14.7 Å². The molecule has 2 aromatic heterocycles. The van der Waals surface area contributed by atoms with Crippen LogP contribution in [0, 0.1) is 0 Å². The van der Waals surface area contributed by atoms with Crippen LogP contribution in [-0.4, -0.2) is 22.4 Å². The summed E-state index contributed by atoms with van der Waals surface area (Å²) in [6.45, 7) is 0.345. The summed E-state index contributed by atoms with van der Waals surface area (Å²) in [7, 11) is 1.60. The Labute approximate surface area is 165 Å². The van der Waals surface area contributed by atoms with Gasteiger partial charge in [-0.1, -0.05) is 23.7 Å². The van der Waals surface area contributed by atoms with Gasteiger partial charge in [-0.3, -0.25) is 14.0 Å². The highest BCUT2D eigenvalue weighted by Gasteiger charge is 2.14. The van der Waals surface area contributed by atoms with E-state index in [1.54, 1.807) is 43.6 Å². The zero-order valence-electron chi connectivity index (χ0n) is 15.0. The number of nitrogens with one attached hydrogen (secondary N) is 1. The zero-order valence-corrected chi connectivity index (χ0v) is 15.7. The summed E-state index contributed by atoms with van der Waals surface area (Å²) in [6.07, 6.45) is 1.59. The van der Waals surface area contributed by atoms with Crippen LogP contribution < -0.4 is 15.6 Å². The Morgan fingerprint density at radius 3 is 2.71 bits per heavy atom. The highest BCUT2D eigenvalue weighted by atomic mass is 35.5. The zero-order chi connectivity index (χ0) is 19.7. The molecule has 4 rings (SSSR count). The third kappa shape index (κ3) is 3.30. The summed E-state index contributed by atoms with van der Waals surface area (Å²) in [4.78, 5) is 30.0. The SMILES string of the molecule is COc1ccc(CNC(=O)c2cccn3c(=O)c4cc(Cl)ccc4nc23)cc1. The first-order valence-electron chi connectivity index (χ1n) is 8.58. The smallest absolute Gasteiger partial charge is 0.265 e. The summed E-state index contributed by atoms with van der Waals surface area (Å²) in [6, 6.07) is 15.6. The summed E-state index contributed by atoms with van der Waals surface area (Å²) in [5.74, 6) is 0.439. The van der Waals surface area contributed by atoms with Gasteiger partial charge in [0.25, 0.3) is 11.5 Å². The monoisotopic (exact) mass is 393 g/mol. The molecule has 6 nitrogen and oxygen atoms in total. The number of fused-ring (bicyclic) bond motifs is 2. The van der Waals surface area contributed by atoms with Crippen LogP contribution >= 0.6 is 11.6 Å². The van der Waals surface area contributed by atoms with E-state index in [1.807, 2.05) is 24.3 Å². The van der Waals surface area contributed by atoms with E-state index in [0.717, 1.165) is 11.3 Å². The molecule has 2 aromatic carbocycles. The van der Waals surface area contributed by atoms with Crippen molar-refractivity contribution in [3.05, 3.63) is 87.3 Å². The number of carbonyl (C=O) groups excluding carboxylic acids is 1. The average Bonchev–Trinajstić information content (AvgIpc) is 2.73. The first-order valence-corrected chi connectivity index (χ1v) is 8.96. The lowest BCUT2D eigenvalue weighted by Gasteiger charge is -2.10. The van der Waals surface area contributed by atoms with Crippen LogP contribution in [0.1, 0.15) is 15.9 Å². The van der Waals surface area contributed by atoms with Gasteiger partial charge in [0.15, 0.2) is 5.65 Å². The van der Waals surface area contributed by atoms with Crippen molar-refractivity contribution >= 4 is 34.1 Å². The van der Waals surface area contributed by atoms with E-state index >= 15 is 0 Å². The van der Waals surface area contributed by atoms with Crippen molar-refractivity contribution < 1.29 is 9.53 Å². The molecule has 0 saturated carbocycles. The number of rotatable bonds is 4. The number of nitrogens with zero attached hydrogens (tertiary/aromatic N) is 2. The van der Waals surface area contributed by atoms with Gasteiger partial charge in [-0.2, -0.15) is 0 Å². The lowest BCUT2D eigenvalue weighted by Crippen LogP contribution is -2.25. The highest BCUT2D eigenvalue weighted by Crippen LogP contribution is 2.17. The van der Waals surface area contributed by atoms with E-state index in [2.05, 4.69) is 10.3 Å². The van der Waals surface area contributed by atoms with Crippen molar-refractivity contribution in [1.29, 1.82) is 0 Å². The molecule has 0 aliphatic rings. The molecule has 0 bridgehead atoms. The Hall–Kier alpha value is -3.38. The minimum absolute atomic E-state index is 0.271. The Kier molecular flexibility index (Phi) is 4.71. The number of benzene rings is 2. The van der Waals surface area contributed by atoms with Gasteiger partial charge in [-0.05, 0) is 48.0 Å². The molecule has 0 aliphatic heterocycles. The van der Waals surface area contributed by atoms with Crippen LogP contribution in [0.5, 0.6) is 5.75 Å². The van der Waals surface area contributed by atoms with Gasteiger partial charge in [0.05, 0.1) is 23.6 Å². The molecule has 0 fully saturated rings. The Morgan fingerprint density at radius 1 is 1.18 bits per heavy atom. The van der Waals surface area contributed by atoms with Crippen molar-refractivity contribution in [3.8, 4) is 5.75 Å². The first kappa shape index (κ1) is 18.0. The van der Waals surface area contributed by atoms with Gasteiger partial charge in [0.2, 0.25) is 0 Å². The van der Waals surface area contributed by atoms with Crippen molar-refractivity contribution in [2.45, 2.75) is 6.54 Å². The number of hydrogen-bond donors (Lipinski definition) is 1. The maximum atomic E-state index is 12.8. The van der Waals surface area contributed by atoms with E-state index in [4.69, 9.17) is 16.3 Å². The molecule has 0 spiro atoms. The maximum absolute atomic E-state index is 12.8. The molecule has 0 radical (unpaired) electrons. The standard InChI is InChI=1S/C21H16ClN3O3/c1-28-15-7-4-13(5-8-15)12-23-20(26)16-3-2-10-25-19(16)24-18-9-6-14(22)11-17(18)21(25)27/h2-11H,12H2,1H3,(H,23,26). The van der Waals surface area contributed by atoms with Crippen LogP contribution in [0.25, 0.3) is 16.6 Å². The third-order valence-electron chi connectivity index (χ3n) is 4.46. The Balaban J connectivity index is 1.69. The summed E-state index contributed by atoms with van der Waals surface area (Å²) < 4.78 is 6.49. The van der Waals surface area contributed by atoms with E-state index in [1.165, 1.54) is 4.40 Å². The van der Waals surface area contributed by atoms with Gasteiger partial charge in [-0.25, -0.2) is 4.98 Å². The molecule has 4 aromatic rings. The van der Waals surface area contributed by atoms with Crippen LogP contribution in [0.3, 0.4) is 0 Å². The van der Waals surface area contributed by atoms with E-state index in [0.29, 0.717) is 33.7 Å². The molecule has 1 amide bonds. The summed E-state index contributed by atoms with van der Waals surface area (Å²) in [5.41, 5.74) is 1.77. The Bertz CT molecular complexity index is 1250. The van der Waals surface area contributed by atoms with E-state index in [-0.39, 0.29) is 11.5 Å². The molecule has 140 valence electrons. The van der Waals surface area contributed by atoms with Crippen LogP contribution in [-0.2, 0) is 6.54 Å². The largest absolute Gasteiger partial charge is 0.497 e. The average molecular weight is 394 g/mol. The number of carbonyl (C=O) groups is 1. The van der Waals surface area contributed by atoms with Crippen LogP contribution in [0.15, 0.2) is 65.6 Å². The van der Waals surface area contributed by atoms with Gasteiger partial charge in [0, 0.05) is 17.8 Å². The van der Waals surface area contributed by atoms with Crippen LogP contribution in [0.4, 0.5) is 0 Å². The second kappa shape index (κ2) is 7.32. The molecule has 2 heterocycles. The molecule has 28 heavy (non-hydrogen) atoms. The highest BCUT2D eigenvalue weighted by molar-refractivity contribution is 6.31. The van der Waals surface area contributed by atoms with Crippen LogP contribution in [0.2, 0.25) is 5.02 Å². The predicted molar refractivity (Wildman–Crippen MR) is 108 cm³/mol. The van der Waals surface area contributed by atoms with Gasteiger partial charge in [-0.15, -0.1) is 0 Å². The molecular formula is C21H16ClN3O3. The molecule has 1 N–H and O–H groups in total. The third-order valence-corrected chi connectivity index (χ3v) is 4.69. The molecule has 0 aliphatic carbocycles. The Morgan fingerprint density at radius 2 is 1.96 bits per heavy atom. The number of methoxy groups -OCH3 is 1. The minimum Gasteiger partial charge on any atom is -0.497 e. The fourth-order valence-electron chi connectivity index (χ4n) is 3.00. The number of pyridine rings is 1. The minimum atomic E-state index is -0.311. The fourth-order valence-corrected chi connectivity index (χ4v) is 3.17. The second-order valence-electron chi connectivity index (χ2n) is 6.22. The lowest BCUT2D eigenvalue weighted by molar-refractivity contribution is 0.0952. The van der Waals surface area contributed by atoms with Crippen molar-refractivity contribution in [2.75, 3.05) is 7.11 Å². The number of halogens is 1. The van der Waals surface area contributed by atoms with Gasteiger partial charge in [0.1, 0.15) is 5.75 Å². The second-order valence-corrected chi connectivity index (χ2v) is 6.66. The number of hydrogen-bond acceptors (Lipinski definition) is 4.